The molecule has 35 heavy (non-hydrogen) atoms. The van der Waals surface area contributed by atoms with Gasteiger partial charge in [-0.2, -0.15) is 0 Å². The number of rotatable bonds is 7. The van der Waals surface area contributed by atoms with E-state index in [4.69, 9.17) is 33.7 Å². The average Bonchev–Trinajstić information content (AvgIpc) is 2.74. The molecule has 0 radical (unpaired) electrons. The lowest BCUT2D eigenvalue weighted by Gasteiger charge is -2.47. The van der Waals surface area contributed by atoms with Gasteiger partial charge in [-0.25, -0.2) is 8.42 Å². The van der Waals surface area contributed by atoms with Crippen LogP contribution in [0.15, 0.2) is 48.5 Å². The first-order valence-corrected chi connectivity index (χ1v) is 13.6. The molecule has 7 nitrogen and oxygen atoms in total. The van der Waals surface area contributed by atoms with Gasteiger partial charge in [0.1, 0.15) is 12.2 Å². The maximum atomic E-state index is 13.7. The first kappa shape index (κ1) is 27.5. The first-order chi connectivity index (χ1) is 16.2. The maximum absolute atomic E-state index is 13.7. The first-order valence-electron chi connectivity index (χ1n) is 11.2. The fourth-order valence-electron chi connectivity index (χ4n) is 4.16. The highest BCUT2D eigenvalue weighted by Gasteiger charge is 2.47. The van der Waals surface area contributed by atoms with E-state index in [9.17, 15) is 18.0 Å². The standard InChI is InChI=1S/C25H30Cl2N2O5S/c1-15(14-35(32,33)25(2,3)4)29-22(16-8-10-18(26)11-9-16)23(17-6-5-7-19(27)12-17)34-20(24(29)31)13-21(28)30/h5-12,15,20,22-23H,13-14H2,1-4H3,(H2,28,30). The van der Waals surface area contributed by atoms with Crippen LogP contribution in [0.1, 0.15) is 57.4 Å². The molecule has 0 spiro atoms. The third-order valence-corrected chi connectivity index (χ3v) is 9.35. The van der Waals surface area contributed by atoms with Gasteiger partial charge >= 0.3 is 0 Å². The van der Waals surface area contributed by atoms with E-state index in [1.807, 2.05) is 6.07 Å². The summed E-state index contributed by atoms with van der Waals surface area (Å²) in [5.41, 5.74) is 6.79. The highest BCUT2D eigenvalue weighted by molar-refractivity contribution is 7.92. The second-order valence-electron chi connectivity index (χ2n) is 9.76. The fourth-order valence-corrected chi connectivity index (χ4v) is 5.78. The summed E-state index contributed by atoms with van der Waals surface area (Å²) in [6, 6.07) is 12.5. The molecule has 1 heterocycles. The number of amides is 2. The molecule has 0 bridgehead atoms. The molecule has 1 saturated heterocycles. The topological polar surface area (TPSA) is 107 Å². The number of nitrogens with two attached hydrogens (primary N) is 1. The molecular formula is C25H30Cl2N2O5S. The van der Waals surface area contributed by atoms with Gasteiger partial charge in [0.15, 0.2) is 9.84 Å². The highest BCUT2D eigenvalue weighted by atomic mass is 35.5. The van der Waals surface area contributed by atoms with E-state index in [0.717, 1.165) is 0 Å². The molecule has 2 N–H and O–H groups in total. The predicted molar refractivity (Wildman–Crippen MR) is 137 cm³/mol. The number of ether oxygens (including phenoxy) is 1. The van der Waals surface area contributed by atoms with Crippen LogP contribution in [0, 0.1) is 0 Å². The Morgan fingerprint density at radius 3 is 2.26 bits per heavy atom. The lowest BCUT2D eigenvalue weighted by atomic mass is 9.90. The molecule has 0 aromatic heterocycles. The molecule has 2 amide bonds. The largest absolute Gasteiger partial charge is 0.370 e. The number of morpholine rings is 1. The van der Waals surface area contributed by atoms with Crippen LogP contribution in [0.25, 0.3) is 0 Å². The third kappa shape index (κ3) is 6.17. The second-order valence-corrected chi connectivity index (χ2v) is 13.4. The molecule has 10 heteroatoms. The van der Waals surface area contributed by atoms with E-state index in [0.29, 0.717) is 21.2 Å². The van der Waals surface area contributed by atoms with Crippen molar-refractivity contribution in [3.63, 3.8) is 0 Å². The number of primary amides is 1. The van der Waals surface area contributed by atoms with Crippen molar-refractivity contribution in [2.45, 2.75) is 63.2 Å². The van der Waals surface area contributed by atoms with Crippen molar-refractivity contribution in [2.75, 3.05) is 5.75 Å². The van der Waals surface area contributed by atoms with E-state index in [-0.39, 0.29) is 12.2 Å². The minimum atomic E-state index is -3.58. The minimum absolute atomic E-state index is 0.266. The van der Waals surface area contributed by atoms with Gasteiger partial charge in [-0.15, -0.1) is 0 Å². The monoisotopic (exact) mass is 540 g/mol. The zero-order valence-corrected chi connectivity index (χ0v) is 22.4. The van der Waals surface area contributed by atoms with Gasteiger partial charge in [0.05, 0.1) is 23.0 Å². The van der Waals surface area contributed by atoms with Crippen molar-refractivity contribution in [1.29, 1.82) is 0 Å². The molecule has 190 valence electrons. The summed E-state index contributed by atoms with van der Waals surface area (Å²) >= 11 is 12.4. The summed E-state index contributed by atoms with van der Waals surface area (Å²) in [4.78, 5) is 27.0. The molecular weight excluding hydrogens is 511 g/mol. The Bertz CT molecular complexity index is 1200. The number of carbonyl (C=O) groups excluding carboxylic acids is 2. The van der Waals surface area contributed by atoms with E-state index < -0.39 is 50.7 Å². The van der Waals surface area contributed by atoms with Crippen LogP contribution < -0.4 is 5.73 Å². The summed E-state index contributed by atoms with van der Waals surface area (Å²) in [5, 5.41) is 0.983. The van der Waals surface area contributed by atoms with Gasteiger partial charge in [-0.1, -0.05) is 47.5 Å². The van der Waals surface area contributed by atoms with Crippen LogP contribution in [-0.4, -0.2) is 47.8 Å². The summed E-state index contributed by atoms with van der Waals surface area (Å²) in [6.45, 7) is 6.55. The molecule has 4 unspecified atom stereocenters. The van der Waals surface area contributed by atoms with E-state index >= 15 is 0 Å². The Labute approximate surface area is 216 Å². The Hall–Kier alpha value is -2.13. The number of nitrogens with zero attached hydrogens (tertiary/aromatic N) is 1. The molecule has 2 aromatic carbocycles. The molecule has 0 aliphatic carbocycles. The van der Waals surface area contributed by atoms with E-state index in [1.165, 1.54) is 4.90 Å². The predicted octanol–water partition coefficient (Wildman–Crippen LogP) is 4.48. The number of hydrogen-bond acceptors (Lipinski definition) is 5. The van der Waals surface area contributed by atoms with E-state index in [2.05, 4.69) is 0 Å². The van der Waals surface area contributed by atoms with Crippen LogP contribution in [-0.2, 0) is 24.2 Å². The van der Waals surface area contributed by atoms with Crippen LogP contribution >= 0.6 is 23.2 Å². The maximum Gasteiger partial charge on any atom is 0.253 e. The van der Waals surface area contributed by atoms with Crippen molar-refractivity contribution in [3.8, 4) is 0 Å². The van der Waals surface area contributed by atoms with Gasteiger partial charge in [-0.05, 0) is 63.1 Å². The lowest BCUT2D eigenvalue weighted by Crippen LogP contribution is -2.56. The van der Waals surface area contributed by atoms with Crippen molar-refractivity contribution in [2.24, 2.45) is 5.73 Å². The van der Waals surface area contributed by atoms with Crippen molar-refractivity contribution in [3.05, 3.63) is 69.7 Å². The van der Waals surface area contributed by atoms with Crippen LogP contribution in [0.5, 0.6) is 0 Å². The summed E-state index contributed by atoms with van der Waals surface area (Å²) in [5.74, 6) is -1.47. The number of sulfone groups is 1. The zero-order valence-electron chi connectivity index (χ0n) is 20.1. The third-order valence-electron chi connectivity index (χ3n) is 6.07. The average molecular weight is 541 g/mol. The van der Waals surface area contributed by atoms with E-state index in [1.54, 1.807) is 70.2 Å². The highest BCUT2D eigenvalue weighted by Crippen LogP contribution is 2.44. The zero-order chi connectivity index (χ0) is 26.1. The molecule has 3 rings (SSSR count). The fraction of sp³-hybridized carbons (Fsp3) is 0.440. The molecule has 1 fully saturated rings. The van der Waals surface area contributed by atoms with Crippen LogP contribution in [0.4, 0.5) is 0 Å². The molecule has 1 aliphatic heterocycles. The number of carbonyl (C=O) groups is 2. The van der Waals surface area contributed by atoms with Gasteiger partial charge in [0, 0.05) is 16.1 Å². The van der Waals surface area contributed by atoms with Gasteiger partial charge in [-0.3, -0.25) is 9.59 Å². The SMILES string of the molecule is CC(CS(=O)(=O)C(C)(C)C)N1C(=O)C(CC(N)=O)OC(c2cccc(Cl)c2)C1c1ccc(Cl)cc1. The Kier molecular flexibility index (Phi) is 8.21. The molecule has 1 aliphatic rings. The number of hydrogen-bond donors (Lipinski definition) is 1. The molecule has 0 saturated carbocycles. The number of benzene rings is 2. The Morgan fingerprint density at radius 2 is 1.71 bits per heavy atom. The van der Waals surface area contributed by atoms with Gasteiger partial charge in [0.2, 0.25) is 5.91 Å². The Morgan fingerprint density at radius 1 is 1.09 bits per heavy atom. The van der Waals surface area contributed by atoms with Crippen LogP contribution in [0.3, 0.4) is 0 Å². The quantitative estimate of drug-likeness (QED) is 0.557. The number of halogens is 2. The summed E-state index contributed by atoms with van der Waals surface area (Å²) in [6.07, 6.45) is -2.24. The minimum Gasteiger partial charge on any atom is -0.370 e. The molecule has 4 atom stereocenters. The van der Waals surface area contributed by atoms with Gasteiger partial charge in [0.25, 0.3) is 5.91 Å². The van der Waals surface area contributed by atoms with Crippen molar-refractivity contribution < 1.29 is 22.7 Å². The molecule has 2 aromatic rings. The van der Waals surface area contributed by atoms with Gasteiger partial charge < -0.3 is 15.4 Å². The normalized spacial score (nSPS) is 22.2. The van der Waals surface area contributed by atoms with Crippen molar-refractivity contribution in [1.82, 2.24) is 4.90 Å². The Balaban J connectivity index is 2.17. The second kappa shape index (κ2) is 10.5. The lowest BCUT2D eigenvalue weighted by molar-refractivity contribution is -0.179. The van der Waals surface area contributed by atoms with Crippen molar-refractivity contribution >= 4 is 44.9 Å². The van der Waals surface area contributed by atoms with Crippen LogP contribution in [0.2, 0.25) is 10.0 Å². The summed E-state index contributed by atoms with van der Waals surface area (Å²) in [7, 11) is -3.58. The summed E-state index contributed by atoms with van der Waals surface area (Å²) < 4.78 is 31.3. The smallest absolute Gasteiger partial charge is 0.253 e.